The fourth-order valence-corrected chi connectivity index (χ4v) is 1.95. The molecule has 0 aromatic heterocycles. The van der Waals surface area contributed by atoms with E-state index in [1.54, 1.807) is 0 Å². The van der Waals surface area contributed by atoms with Crippen LogP contribution in [0.25, 0.3) is 0 Å². The number of rotatable bonds is 5. The summed E-state index contributed by atoms with van der Waals surface area (Å²) in [6, 6.07) is 0. The Bertz CT molecular complexity index is 185. The standard InChI is InChI=1S/C11H22O3/c1-6-9(7-2)11(13,8(3)4)10(12)14-5/h8-9,13H,6-7H2,1-5H3. The van der Waals surface area contributed by atoms with Crippen LogP contribution in [-0.4, -0.2) is 23.8 Å². The van der Waals surface area contributed by atoms with Gasteiger partial charge in [0.15, 0.2) is 5.60 Å². The van der Waals surface area contributed by atoms with Gasteiger partial charge in [-0.25, -0.2) is 4.79 Å². The molecule has 0 heterocycles. The molecule has 0 rings (SSSR count). The van der Waals surface area contributed by atoms with Crippen LogP contribution >= 0.6 is 0 Å². The maximum Gasteiger partial charge on any atom is 0.338 e. The summed E-state index contributed by atoms with van der Waals surface area (Å²) in [6.45, 7) is 7.64. The van der Waals surface area contributed by atoms with Crippen LogP contribution in [0, 0.1) is 11.8 Å². The Balaban J connectivity index is 4.96. The minimum Gasteiger partial charge on any atom is -0.467 e. The topological polar surface area (TPSA) is 46.5 Å². The molecule has 0 radical (unpaired) electrons. The molecule has 0 aromatic carbocycles. The van der Waals surface area contributed by atoms with Crippen molar-refractivity contribution in [1.29, 1.82) is 0 Å². The van der Waals surface area contributed by atoms with E-state index < -0.39 is 11.6 Å². The molecule has 0 aliphatic rings. The fraction of sp³-hybridized carbons (Fsp3) is 0.909. The number of hydrogen-bond acceptors (Lipinski definition) is 3. The van der Waals surface area contributed by atoms with Gasteiger partial charge < -0.3 is 9.84 Å². The van der Waals surface area contributed by atoms with Gasteiger partial charge in [0.25, 0.3) is 0 Å². The second-order valence-corrected chi connectivity index (χ2v) is 3.99. The number of carbonyl (C=O) groups is 1. The van der Waals surface area contributed by atoms with Crippen molar-refractivity contribution >= 4 is 5.97 Å². The van der Waals surface area contributed by atoms with E-state index in [1.165, 1.54) is 7.11 Å². The molecular weight excluding hydrogens is 180 g/mol. The van der Waals surface area contributed by atoms with Crippen LogP contribution in [-0.2, 0) is 9.53 Å². The highest BCUT2D eigenvalue weighted by molar-refractivity contribution is 5.79. The molecule has 1 atom stereocenters. The predicted octanol–water partition coefficient (Wildman–Crippen LogP) is 1.98. The van der Waals surface area contributed by atoms with Crippen molar-refractivity contribution in [3.63, 3.8) is 0 Å². The number of ether oxygens (including phenoxy) is 1. The molecule has 3 heteroatoms. The summed E-state index contributed by atoms with van der Waals surface area (Å²) in [4.78, 5) is 11.6. The summed E-state index contributed by atoms with van der Waals surface area (Å²) >= 11 is 0. The Kier molecular flexibility index (Phi) is 5.13. The van der Waals surface area contributed by atoms with Crippen LogP contribution in [0.2, 0.25) is 0 Å². The summed E-state index contributed by atoms with van der Waals surface area (Å²) in [5, 5.41) is 10.3. The van der Waals surface area contributed by atoms with E-state index in [4.69, 9.17) is 0 Å². The smallest absolute Gasteiger partial charge is 0.338 e. The molecule has 0 fully saturated rings. The van der Waals surface area contributed by atoms with Gasteiger partial charge in [-0.15, -0.1) is 0 Å². The molecule has 0 aromatic rings. The van der Waals surface area contributed by atoms with E-state index in [1.807, 2.05) is 27.7 Å². The molecular formula is C11H22O3. The van der Waals surface area contributed by atoms with Crippen LogP contribution in [0.5, 0.6) is 0 Å². The van der Waals surface area contributed by atoms with E-state index in [0.717, 1.165) is 12.8 Å². The lowest BCUT2D eigenvalue weighted by Crippen LogP contribution is -2.50. The van der Waals surface area contributed by atoms with Crippen molar-refractivity contribution in [2.75, 3.05) is 7.11 Å². The van der Waals surface area contributed by atoms with Gasteiger partial charge in [0.05, 0.1) is 7.11 Å². The lowest BCUT2D eigenvalue weighted by Gasteiger charge is -2.35. The molecule has 0 saturated carbocycles. The van der Waals surface area contributed by atoms with E-state index in [-0.39, 0.29) is 11.8 Å². The van der Waals surface area contributed by atoms with Crippen molar-refractivity contribution in [1.82, 2.24) is 0 Å². The van der Waals surface area contributed by atoms with Crippen molar-refractivity contribution in [2.24, 2.45) is 11.8 Å². The molecule has 84 valence electrons. The van der Waals surface area contributed by atoms with E-state index in [9.17, 15) is 9.90 Å². The van der Waals surface area contributed by atoms with E-state index >= 15 is 0 Å². The number of esters is 1. The molecule has 0 aliphatic heterocycles. The molecule has 1 N–H and O–H groups in total. The predicted molar refractivity (Wildman–Crippen MR) is 55.9 cm³/mol. The molecule has 1 unspecified atom stereocenters. The van der Waals surface area contributed by atoms with E-state index in [0.29, 0.717) is 0 Å². The van der Waals surface area contributed by atoms with Gasteiger partial charge in [-0.1, -0.05) is 27.7 Å². The Hall–Kier alpha value is -0.570. The summed E-state index contributed by atoms with van der Waals surface area (Å²) in [5.41, 5.74) is -1.34. The SMILES string of the molecule is CCC(CC)C(O)(C(=O)OC)C(C)C. The van der Waals surface area contributed by atoms with Gasteiger partial charge in [-0.05, 0) is 24.7 Å². The molecule has 0 spiro atoms. The average Bonchev–Trinajstić information content (AvgIpc) is 2.17. The van der Waals surface area contributed by atoms with E-state index in [2.05, 4.69) is 4.74 Å². The first-order valence-electron chi connectivity index (χ1n) is 5.25. The Labute approximate surface area is 86.5 Å². The Morgan fingerprint density at radius 2 is 1.79 bits per heavy atom. The maximum atomic E-state index is 11.6. The van der Waals surface area contributed by atoms with Gasteiger partial charge in [0, 0.05) is 0 Å². The van der Waals surface area contributed by atoms with Crippen molar-refractivity contribution in [3.8, 4) is 0 Å². The maximum absolute atomic E-state index is 11.6. The zero-order valence-electron chi connectivity index (χ0n) is 9.83. The van der Waals surface area contributed by atoms with Crippen LogP contribution < -0.4 is 0 Å². The highest BCUT2D eigenvalue weighted by Crippen LogP contribution is 2.32. The number of hydrogen-bond donors (Lipinski definition) is 1. The Morgan fingerprint density at radius 3 is 2.00 bits per heavy atom. The highest BCUT2D eigenvalue weighted by atomic mass is 16.5. The molecule has 0 aliphatic carbocycles. The zero-order valence-corrected chi connectivity index (χ0v) is 9.83. The fourth-order valence-electron chi connectivity index (χ4n) is 1.95. The average molecular weight is 202 g/mol. The summed E-state index contributed by atoms with van der Waals surface area (Å²) in [5.74, 6) is -0.670. The molecule has 0 amide bonds. The third-order valence-electron chi connectivity index (χ3n) is 3.00. The third-order valence-corrected chi connectivity index (χ3v) is 3.00. The van der Waals surface area contributed by atoms with Crippen molar-refractivity contribution < 1.29 is 14.6 Å². The lowest BCUT2D eigenvalue weighted by atomic mass is 9.76. The lowest BCUT2D eigenvalue weighted by molar-refractivity contribution is -0.176. The Morgan fingerprint density at radius 1 is 1.36 bits per heavy atom. The highest BCUT2D eigenvalue weighted by Gasteiger charge is 2.45. The summed E-state index contributed by atoms with van der Waals surface area (Å²) < 4.78 is 4.67. The summed E-state index contributed by atoms with van der Waals surface area (Å²) in [6.07, 6.45) is 1.56. The van der Waals surface area contributed by atoms with Crippen molar-refractivity contribution in [2.45, 2.75) is 46.1 Å². The van der Waals surface area contributed by atoms with Crippen molar-refractivity contribution in [3.05, 3.63) is 0 Å². The molecule has 0 bridgehead atoms. The van der Waals surface area contributed by atoms with Gasteiger partial charge >= 0.3 is 5.97 Å². The monoisotopic (exact) mass is 202 g/mol. The second-order valence-electron chi connectivity index (χ2n) is 3.99. The zero-order chi connectivity index (χ0) is 11.4. The molecule has 0 saturated heterocycles. The van der Waals surface area contributed by atoms with Gasteiger partial charge in [-0.3, -0.25) is 0 Å². The summed E-state index contributed by atoms with van der Waals surface area (Å²) in [7, 11) is 1.32. The van der Waals surface area contributed by atoms with Crippen LogP contribution in [0.1, 0.15) is 40.5 Å². The van der Waals surface area contributed by atoms with Crippen LogP contribution in [0.4, 0.5) is 0 Å². The first-order valence-corrected chi connectivity index (χ1v) is 5.25. The van der Waals surface area contributed by atoms with Gasteiger partial charge in [0.2, 0.25) is 0 Å². The second kappa shape index (κ2) is 5.35. The van der Waals surface area contributed by atoms with Crippen LogP contribution in [0.15, 0.2) is 0 Å². The quantitative estimate of drug-likeness (QED) is 0.693. The normalized spacial score (nSPS) is 15.7. The first kappa shape index (κ1) is 13.4. The first-order chi connectivity index (χ1) is 6.44. The number of methoxy groups -OCH3 is 1. The third kappa shape index (κ3) is 2.27. The molecule has 3 nitrogen and oxygen atoms in total. The minimum absolute atomic E-state index is 0.0325. The van der Waals surface area contributed by atoms with Gasteiger partial charge in [-0.2, -0.15) is 0 Å². The molecule has 14 heavy (non-hydrogen) atoms. The van der Waals surface area contributed by atoms with Crippen LogP contribution in [0.3, 0.4) is 0 Å². The number of aliphatic hydroxyl groups is 1. The number of carbonyl (C=O) groups excluding carboxylic acids is 1. The minimum atomic E-state index is -1.34. The van der Waals surface area contributed by atoms with Gasteiger partial charge in [0.1, 0.15) is 0 Å². The largest absolute Gasteiger partial charge is 0.467 e.